The number of amides is 1. The molecule has 0 spiro atoms. The zero-order valence-corrected chi connectivity index (χ0v) is 8.94. The molecule has 0 unspecified atom stereocenters. The van der Waals surface area contributed by atoms with Gasteiger partial charge in [0.15, 0.2) is 0 Å². The highest BCUT2D eigenvalue weighted by atomic mass is 32.1. The van der Waals surface area contributed by atoms with E-state index in [-0.39, 0.29) is 11.3 Å². The Labute approximate surface area is 79.3 Å². The zero-order valence-electron chi connectivity index (χ0n) is 8.05. The van der Waals surface area contributed by atoms with Crippen LogP contribution in [0.25, 0.3) is 0 Å². The van der Waals surface area contributed by atoms with Crippen molar-refractivity contribution in [1.82, 2.24) is 5.32 Å². The van der Waals surface area contributed by atoms with Gasteiger partial charge in [-0.15, -0.1) is 0 Å². The van der Waals surface area contributed by atoms with E-state index >= 15 is 0 Å². The zero-order chi connectivity index (χ0) is 9.78. The molecular formula is C8H17NO2S. The van der Waals surface area contributed by atoms with Gasteiger partial charge in [-0.25, -0.2) is 4.79 Å². The van der Waals surface area contributed by atoms with Gasteiger partial charge < -0.3 is 10.1 Å². The lowest BCUT2D eigenvalue weighted by Crippen LogP contribution is -2.35. The fourth-order valence-electron chi connectivity index (χ4n) is 0.545. The van der Waals surface area contributed by atoms with E-state index in [0.29, 0.717) is 6.54 Å². The fraction of sp³-hybridized carbons (Fsp3) is 0.875. The van der Waals surface area contributed by atoms with E-state index in [4.69, 9.17) is 4.74 Å². The lowest BCUT2D eigenvalue weighted by Gasteiger charge is -2.20. The van der Waals surface area contributed by atoms with Crippen LogP contribution in [-0.4, -0.2) is 23.5 Å². The van der Waals surface area contributed by atoms with E-state index in [9.17, 15) is 4.79 Å². The standard InChI is InChI=1S/C8H17NO2S/c1-6(12)5-9-7(10)11-8(2,3)4/h6,12H,5H2,1-4H3,(H,9,10)/t6-/m0/s1. The summed E-state index contributed by atoms with van der Waals surface area (Å²) < 4.78 is 5.00. The average molecular weight is 191 g/mol. The minimum Gasteiger partial charge on any atom is -0.444 e. The number of rotatable bonds is 2. The van der Waals surface area contributed by atoms with Crippen LogP contribution in [0, 0.1) is 0 Å². The van der Waals surface area contributed by atoms with Crippen LogP contribution < -0.4 is 5.32 Å². The van der Waals surface area contributed by atoms with E-state index in [0.717, 1.165) is 0 Å². The molecule has 3 nitrogen and oxygen atoms in total. The van der Waals surface area contributed by atoms with E-state index < -0.39 is 5.60 Å². The molecule has 0 saturated heterocycles. The molecule has 0 aromatic rings. The number of carbonyl (C=O) groups excluding carboxylic acids is 1. The van der Waals surface area contributed by atoms with Crippen molar-refractivity contribution in [2.75, 3.05) is 6.54 Å². The molecule has 1 N–H and O–H groups in total. The molecule has 0 radical (unpaired) electrons. The molecule has 0 aromatic carbocycles. The second kappa shape index (κ2) is 4.60. The maximum atomic E-state index is 11.0. The lowest BCUT2D eigenvalue weighted by molar-refractivity contribution is 0.0528. The number of thiol groups is 1. The van der Waals surface area contributed by atoms with Crippen molar-refractivity contribution in [2.45, 2.75) is 38.5 Å². The minimum absolute atomic E-state index is 0.150. The van der Waals surface area contributed by atoms with Crippen LogP contribution in [-0.2, 0) is 4.74 Å². The van der Waals surface area contributed by atoms with Crippen LogP contribution in [0.1, 0.15) is 27.7 Å². The summed E-state index contributed by atoms with van der Waals surface area (Å²) >= 11 is 4.11. The molecular weight excluding hydrogens is 174 g/mol. The van der Waals surface area contributed by atoms with Crippen molar-refractivity contribution >= 4 is 18.7 Å². The van der Waals surface area contributed by atoms with Crippen molar-refractivity contribution in [1.29, 1.82) is 0 Å². The number of hydrogen-bond donors (Lipinski definition) is 2. The second-order valence-electron chi connectivity index (χ2n) is 3.73. The third-order valence-corrected chi connectivity index (χ3v) is 1.12. The van der Waals surface area contributed by atoms with Gasteiger partial charge in [-0.05, 0) is 20.8 Å². The molecule has 1 amide bonds. The molecule has 72 valence electrons. The van der Waals surface area contributed by atoms with Crippen molar-refractivity contribution in [3.63, 3.8) is 0 Å². The van der Waals surface area contributed by atoms with E-state index in [2.05, 4.69) is 17.9 Å². The first kappa shape index (κ1) is 11.6. The molecule has 1 atom stereocenters. The summed E-state index contributed by atoms with van der Waals surface area (Å²) in [5.74, 6) is 0. The Morgan fingerprint density at radius 3 is 2.42 bits per heavy atom. The van der Waals surface area contributed by atoms with Gasteiger partial charge in [0.1, 0.15) is 5.60 Å². The molecule has 0 saturated carbocycles. The van der Waals surface area contributed by atoms with Crippen molar-refractivity contribution in [2.24, 2.45) is 0 Å². The highest BCUT2D eigenvalue weighted by Crippen LogP contribution is 2.06. The van der Waals surface area contributed by atoms with Gasteiger partial charge in [-0.1, -0.05) is 6.92 Å². The summed E-state index contributed by atoms with van der Waals surface area (Å²) in [6, 6.07) is 0. The number of nitrogens with one attached hydrogen (secondary N) is 1. The SMILES string of the molecule is C[C@H](S)CNC(=O)OC(C)(C)C. The molecule has 0 fully saturated rings. The predicted octanol–water partition coefficient (Wildman–Crippen LogP) is 1.83. The largest absolute Gasteiger partial charge is 0.444 e. The summed E-state index contributed by atoms with van der Waals surface area (Å²) in [7, 11) is 0. The lowest BCUT2D eigenvalue weighted by atomic mass is 10.2. The third kappa shape index (κ3) is 7.72. The topological polar surface area (TPSA) is 38.3 Å². The van der Waals surface area contributed by atoms with Crippen LogP contribution in [0.4, 0.5) is 4.79 Å². The van der Waals surface area contributed by atoms with Crippen LogP contribution in [0.2, 0.25) is 0 Å². The van der Waals surface area contributed by atoms with Gasteiger partial charge in [-0.2, -0.15) is 12.6 Å². The summed E-state index contributed by atoms with van der Waals surface area (Å²) in [6.07, 6.45) is -0.386. The smallest absolute Gasteiger partial charge is 0.407 e. The first-order chi connectivity index (χ1) is 5.31. The van der Waals surface area contributed by atoms with Crippen molar-refractivity contribution < 1.29 is 9.53 Å². The van der Waals surface area contributed by atoms with Crippen LogP contribution in [0.5, 0.6) is 0 Å². The molecule has 0 aliphatic heterocycles. The Morgan fingerprint density at radius 2 is 2.08 bits per heavy atom. The quantitative estimate of drug-likeness (QED) is 0.653. The Balaban J connectivity index is 3.61. The summed E-state index contributed by atoms with van der Waals surface area (Å²) in [5, 5.41) is 2.75. The van der Waals surface area contributed by atoms with Crippen LogP contribution in [0.3, 0.4) is 0 Å². The first-order valence-electron chi connectivity index (χ1n) is 3.96. The maximum Gasteiger partial charge on any atom is 0.407 e. The Bertz CT molecular complexity index is 152. The molecule has 0 rings (SSSR count). The van der Waals surface area contributed by atoms with Crippen molar-refractivity contribution in [3.8, 4) is 0 Å². The Hall–Kier alpha value is -0.380. The first-order valence-corrected chi connectivity index (χ1v) is 4.48. The van der Waals surface area contributed by atoms with Gasteiger partial charge >= 0.3 is 6.09 Å². The Morgan fingerprint density at radius 1 is 1.58 bits per heavy atom. The highest BCUT2D eigenvalue weighted by molar-refractivity contribution is 7.80. The second-order valence-corrected chi connectivity index (χ2v) is 4.61. The van der Waals surface area contributed by atoms with Crippen LogP contribution >= 0.6 is 12.6 Å². The molecule has 0 bridgehead atoms. The number of carbonyl (C=O) groups is 1. The number of hydrogen-bond acceptors (Lipinski definition) is 3. The summed E-state index contributed by atoms with van der Waals surface area (Å²) in [4.78, 5) is 11.0. The van der Waals surface area contributed by atoms with Gasteiger partial charge in [0.05, 0.1) is 0 Å². The van der Waals surface area contributed by atoms with Gasteiger partial charge in [0.25, 0.3) is 0 Å². The molecule has 4 heteroatoms. The fourth-order valence-corrected chi connectivity index (χ4v) is 0.637. The third-order valence-electron chi connectivity index (χ3n) is 0.941. The van der Waals surface area contributed by atoms with Gasteiger partial charge in [-0.3, -0.25) is 0 Å². The van der Waals surface area contributed by atoms with Gasteiger partial charge in [0, 0.05) is 11.8 Å². The average Bonchev–Trinajstić information content (AvgIpc) is 1.79. The molecule has 12 heavy (non-hydrogen) atoms. The Kier molecular flexibility index (Phi) is 4.45. The summed E-state index contributed by atoms with van der Waals surface area (Å²) in [6.45, 7) is 7.92. The van der Waals surface area contributed by atoms with E-state index in [1.54, 1.807) is 0 Å². The number of ether oxygens (including phenoxy) is 1. The monoisotopic (exact) mass is 191 g/mol. The van der Waals surface area contributed by atoms with E-state index in [1.807, 2.05) is 27.7 Å². The summed E-state index contributed by atoms with van der Waals surface area (Å²) in [5.41, 5.74) is -0.427. The van der Waals surface area contributed by atoms with E-state index in [1.165, 1.54) is 0 Å². The molecule has 0 heterocycles. The van der Waals surface area contributed by atoms with Crippen molar-refractivity contribution in [3.05, 3.63) is 0 Å². The number of alkyl carbamates (subject to hydrolysis) is 1. The van der Waals surface area contributed by atoms with Gasteiger partial charge in [0.2, 0.25) is 0 Å². The molecule has 0 aliphatic carbocycles. The molecule has 0 aromatic heterocycles. The van der Waals surface area contributed by atoms with Crippen LogP contribution in [0.15, 0.2) is 0 Å². The minimum atomic E-state index is -0.427. The normalized spacial score (nSPS) is 13.8. The maximum absolute atomic E-state index is 11.0. The molecule has 0 aliphatic rings. The predicted molar refractivity (Wildman–Crippen MR) is 52.7 cm³/mol. The highest BCUT2D eigenvalue weighted by Gasteiger charge is 2.15.